The van der Waals surface area contributed by atoms with Crippen molar-refractivity contribution >= 4 is 16.8 Å². The van der Waals surface area contributed by atoms with Gasteiger partial charge in [0.05, 0.1) is 0 Å². The van der Waals surface area contributed by atoms with Crippen LogP contribution in [0, 0.1) is 19.1 Å². The number of hydrogen-bond donors (Lipinski definition) is 0. The zero-order chi connectivity index (χ0) is 18.4. The molecule has 28 heavy (non-hydrogen) atoms. The van der Waals surface area contributed by atoms with Gasteiger partial charge >= 0.3 is 0 Å². The zero-order valence-corrected chi connectivity index (χ0v) is 19.0. The maximum absolute atomic E-state index is 3.68. The van der Waals surface area contributed by atoms with Crippen LogP contribution in [0.3, 0.4) is 0 Å². The minimum Gasteiger partial charge on any atom is -0.234 e. The summed E-state index contributed by atoms with van der Waals surface area (Å²) in [6, 6.07) is 26.6. The van der Waals surface area contributed by atoms with Gasteiger partial charge in [0.15, 0.2) is 6.20 Å². The van der Waals surface area contributed by atoms with Gasteiger partial charge in [-0.05, 0) is 18.1 Å². The zero-order valence-electron chi connectivity index (χ0n) is 16.2. The van der Waals surface area contributed by atoms with Crippen molar-refractivity contribution in [3.05, 3.63) is 95.7 Å². The van der Waals surface area contributed by atoms with Gasteiger partial charge in [0.25, 0.3) is 0 Å². The molecule has 0 bridgehead atoms. The van der Waals surface area contributed by atoms with Gasteiger partial charge < -0.3 is 0 Å². The fraction of sp³-hybridized carbons (Fsp3) is 0.115. The fourth-order valence-corrected chi connectivity index (χ4v) is 4.04. The van der Waals surface area contributed by atoms with Crippen molar-refractivity contribution in [1.29, 1.82) is 0 Å². The first-order chi connectivity index (χ1) is 13.2. The van der Waals surface area contributed by atoms with Crippen molar-refractivity contribution in [1.82, 2.24) is 0 Å². The van der Waals surface area contributed by atoms with Gasteiger partial charge in [-0.15, -0.1) is 28.6 Å². The van der Waals surface area contributed by atoms with Crippen LogP contribution >= 0.6 is 0 Å². The molecule has 1 aliphatic carbocycles. The van der Waals surface area contributed by atoms with E-state index in [1.54, 1.807) is 0 Å². The monoisotopic (exact) mass is 435 g/mol. The molecular formula is C26H20NY-. The molecule has 4 aromatic rings. The van der Waals surface area contributed by atoms with E-state index in [4.69, 9.17) is 0 Å². The fourth-order valence-electron chi connectivity index (χ4n) is 4.04. The normalized spacial score (nSPS) is 12.1. The number of aryl methyl sites for hydroxylation is 2. The van der Waals surface area contributed by atoms with Gasteiger partial charge in [0.2, 0.25) is 0 Å². The van der Waals surface area contributed by atoms with Gasteiger partial charge in [-0.1, -0.05) is 48.2 Å². The summed E-state index contributed by atoms with van der Waals surface area (Å²) in [5.74, 6) is 0. The van der Waals surface area contributed by atoms with E-state index in [0.29, 0.717) is 0 Å². The van der Waals surface area contributed by atoms with Crippen molar-refractivity contribution in [3.8, 4) is 22.4 Å². The number of hydrogen-bond acceptors (Lipinski definition) is 0. The Labute approximate surface area is 191 Å². The number of nitrogens with zero attached hydrogens (tertiary/aromatic N) is 1. The third-order valence-electron chi connectivity index (χ3n) is 5.45. The molecule has 1 aromatic heterocycles. The molecule has 0 amide bonds. The predicted molar refractivity (Wildman–Crippen MR) is 111 cm³/mol. The molecule has 133 valence electrons. The Hall–Kier alpha value is -2.09. The maximum atomic E-state index is 3.68. The molecule has 1 heterocycles. The van der Waals surface area contributed by atoms with Crippen LogP contribution in [0.25, 0.3) is 39.2 Å². The Kier molecular flexibility index (Phi) is 5.32. The van der Waals surface area contributed by atoms with Crippen molar-refractivity contribution < 1.29 is 37.3 Å². The van der Waals surface area contributed by atoms with Crippen LogP contribution in [0.1, 0.15) is 16.7 Å². The topological polar surface area (TPSA) is 3.88 Å². The van der Waals surface area contributed by atoms with E-state index < -0.39 is 0 Å². The third-order valence-corrected chi connectivity index (χ3v) is 5.45. The summed E-state index contributed by atoms with van der Waals surface area (Å²) >= 11 is 0. The van der Waals surface area contributed by atoms with E-state index in [-0.39, 0.29) is 32.7 Å². The van der Waals surface area contributed by atoms with Crippen LogP contribution < -0.4 is 4.57 Å². The van der Waals surface area contributed by atoms with Crippen LogP contribution in [0.15, 0.2) is 66.9 Å². The Bertz CT molecular complexity index is 1220. The standard InChI is InChI=1S/C26H20N.Y/c1-18-12-13-21(17-24(18)25-11-3-4-16-27(25)2)22-15-14-20-8-5-7-19-9-6-10-23(22)26(19)20;/h3-7,9-14,16H,8H2,1-2H3;/q-1;. The molecule has 0 N–H and O–H groups in total. The Morgan fingerprint density at radius 2 is 1.86 bits per heavy atom. The molecule has 1 aliphatic rings. The van der Waals surface area contributed by atoms with E-state index in [9.17, 15) is 0 Å². The first kappa shape index (κ1) is 19.2. The van der Waals surface area contributed by atoms with Crippen molar-refractivity contribution in [3.63, 3.8) is 0 Å². The van der Waals surface area contributed by atoms with E-state index in [2.05, 4.69) is 104 Å². The van der Waals surface area contributed by atoms with Crippen molar-refractivity contribution in [2.45, 2.75) is 13.3 Å². The summed E-state index contributed by atoms with van der Waals surface area (Å²) in [6.07, 6.45) is 7.52. The predicted octanol–water partition coefficient (Wildman–Crippen LogP) is 5.47. The molecular weight excluding hydrogens is 415 g/mol. The molecule has 3 aromatic carbocycles. The van der Waals surface area contributed by atoms with E-state index in [0.717, 1.165) is 23.1 Å². The molecule has 0 saturated carbocycles. The van der Waals surface area contributed by atoms with Gasteiger partial charge in [-0.25, -0.2) is 10.1 Å². The van der Waals surface area contributed by atoms with Crippen LogP contribution in [-0.4, -0.2) is 0 Å². The summed E-state index contributed by atoms with van der Waals surface area (Å²) in [5.41, 5.74) is 8.42. The summed E-state index contributed by atoms with van der Waals surface area (Å²) in [6.45, 7) is 2.15. The Balaban J connectivity index is 0.00000192. The van der Waals surface area contributed by atoms with Gasteiger partial charge in [-0.3, -0.25) is 0 Å². The van der Waals surface area contributed by atoms with E-state index in [1.807, 2.05) is 0 Å². The molecule has 0 spiro atoms. The molecule has 2 heteroatoms. The first-order valence-electron chi connectivity index (χ1n) is 9.33. The van der Waals surface area contributed by atoms with Gasteiger partial charge in [-0.2, -0.15) is 29.8 Å². The molecule has 5 rings (SSSR count). The largest absolute Gasteiger partial charge is 0.234 e. The number of benzene rings is 3. The average molecular weight is 435 g/mol. The van der Waals surface area contributed by atoms with Crippen LogP contribution in [0.4, 0.5) is 0 Å². The number of allylic oxidation sites excluding steroid dienone is 1. The number of aromatic nitrogens is 1. The second-order valence-corrected chi connectivity index (χ2v) is 7.19. The summed E-state index contributed by atoms with van der Waals surface area (Å²) in [7, 11) is 2.08. The summed E-state index contributed by atoms with van der Waals surface area (Å²) in [5, 5.41) is 2.62. The van der Waals surface area contributed by atoms with Crippen LogP contribution in [-0.2, 0) is 46.2 Å². The molecule has 1 radical (unpaired) electrons. The smallest absolute Gasteiger partial charge is 0.161 e. The first-order valence-corrected chi connectivity index (χ1v) is 9.33. The Morgan fingerprint density at radius 1 is 0.964 bits per heavy atom. The van der Waals surface area contributed by atoms with Gasteiger partial charge in [0.1, 0.15) is 12.7 Å². The third kappa shape index (κ3) is 3.17. The van der Waals surface area contributed by atoms with E-state index >= 15 is 0 Å². The van der Waals surface area contributed by atoms with Crippen molar-refractivity contribution in [2.75, 3.05) is 0 Å². The molecule has 0 atom stereocenters. The average Bonchev–Trinajstić information content (AvgIpc) is 2.70. The van der Waals surface area contributed by atoms with E-state index in [1.165, 1.54) is 33.2 Å². The molecule has 1 nitrogen and oxygen atoms in total. The van der Waals surface area contributed by atoms with Crippen molar-refractivity contribution in [2.24, 2.45) is 7.05 Å². The second-order valence-electron chi connectivity index (χ2n) is 7.19. The Morgan fingerprint density at radius 3 is 2.71 bits per heavy atom. The maximum Gasteiger partial charge on any atom is 0.161 e. The molecule has 0 unspecified atom stereocenters. The minimum absolute atomic E-state index is 0. The number of pyridine rings is 1. The molecule has 0 saturated heterocycles. The van der Waals surface area contributed by atoms with Crippen LogP contribution in [0.5, 0.6) is 0 Å². The SMILES string of the molecule is Cc1ccc(-c2[c-]cc3c4c(cccc24)C=CC3)[c-]c1-c1cccc[n+]1C.[Y]. The minimum atomic E-state index is 0. The quantitative estimate of drug-likeness (QED) is 0.290. The number of rotatable bonds is 2. The summed E-state index contributed by atoms with van der Waals surface area (Å²) < 4.78 is 2.15. The summed E-state index contributed by atoms with van der Waals surface area (Å²) in [4.78, 5) is 0. The van der Waals surface area contributed by atoms with Gasteiger partial charge in [0, 0.05) is 38.8 Å². The second kappa shape index (κ2) is 7.74. The molecule has 0 aliphatic heterocycles. The van der Waals surface area contributed by atoms with Crippen LogP contribution in [0.2, 0.25) is 0 Å². The molecule has 0 fully saturated rings.